The van der Waals surface area contributed by atoms with Gasteiger partial charge in [-0.05, 0) is 37.3 Å². The molecule has 12 heteroatoms. The van der Waals surface area contributed by atoms with Gasteiger partial charge in [0.05, 0.1) is 42.0 Å². The lowest BCUT2D eigenvalue weighted by Crippen LogP contribution is -2.39. The van der Waals surface area contributed by atoms with Crippen molar-refractivity contribution in [2.24, 2.45) is 10.7 Å². The minimum atomic E-state index is -3.80. The predicted molar refractivity (Wildman–Crippen MR) is 133 cm³/mol. The first-order chi connectivity index (χ1) is 16.3. The lowest BCUT2D eigenvalue weighted by molar-refractivity contribution is 0.0193. The summed E-state index contributed by atoms with van der Waals surface area (Å²) in [5.74, 6) is -0.199. The average Bonchev–Trinajstić information content (AvgIpc) is 3.06. The van der Waals surface area contributed by atoms with E-state index in [0.717, 1.165) is 16.8 Å². The Morgan fingerprint density at radius 2 is 1.83 bits per heavy atom. The summed E-state index contributed by atoms with van der Waals surface area (Å²) < 4.78 is 76.1. The fourth-order valence-corrected chi connectivity index (χ4v) is 6.10. The van der Waals surface area contributed by atoms with Crippen LogP contribution in [0, 0.1) is 5.82 Å². The summed E-state index contributed by atoms with van der Waals surface area (Å²) >= 11 is 0. The zero-order valence-corrected chi connectivity index (χ0v) is 21.3. The molecule has 0 amide bonds. The Morgan fingerprint density at radius 1 is 1.17 bits per heavy atom. The molecule has 4 rings (SSSR count). The van der Waals surface area contributed by atoms with Crippen LogP contribution in [0.1, 0.15) is 24.2 Å². The van der Waals surface area contributed by atoms with Gasteiger partial charge in [-0.1, -0.05) is 0 Å². The number of nitrogens with zero attached hydrogens (tertiary/aromatic N) is 2. The third kappa shape index (κ3) is 5.04. The molecule has 35 heavy (non-hydrogen) atoms. The van der Waals surface area contributed by atoms with Crippen molar-refractivity contribution in [2.45, 2.75) is 19.1 Å². The van der Waals surface area contributed by atoms with E-state index in [2.05, 4.69) is 4.99 Å². The van der Waals surface area contributed by atoms with E-state index in [9.17, 15) is 21.2 Å². The van der Waals surface area contributed by atoms with Crippen LogP contribution in [0.5, 0.6) is 0 Å². The summed E-state index contributed by atoms with van der Waals surface area (Å²) in [4.78, 5) is 4.10. The summed E-state index contributed by atoms with van der Waals surface area (Å²) in [7, 11) is -5.70. The standard InChI is InChI=1S/C23H26FN3O6S2/c1-13-17-9-18-20(33-22(21(18)23(25)26-2)14-5-7-15(24)8-6-14)10-19(17)27(35(4,30)31)11-16(32-13)12-34(3,28)29/h5-10,13,16H,11-12H2,1-4H3,(H2,25,26). The predicted octanol–water partition coefficient (Wildman–Crippen LogP) is 2.84. The number of sulfonamides is 1. The molecule has 9 nitrogen and oxygen atoms in total. The molecule has 0 aliphatic carbocycles. The van der Waals surface area contributed by atoms with E-state index in [1.807, 2.05) is 0 Å². The van der Waals surface area contributed by atoms with E-state index in [1.54, 1.807) is 31.2 Å². The molecule has 2 N–H and O–H groups in total. The maximum absolute atomic E-state index is 13.5. The van der Waals surface area contributed by atoms with Gasteiger partial charge < -0.3 is 14.9 Å². The maximum Gasteiger partial charge on any atom is 0.232 e. The molecule has 2 heterocycles. The van der Waals surface area contributed by atoms with E-state index < -0.39 is 37.9 Å². The van der Waals surface area contributed by atoms with Crippen LogP contribution >= 0.6 is 0 Å². The molecule has 3 aromatic rings. The molecule has 0 spiro atoms. The average molecular weight is 524 g/mol. The van der Waals surface area contributed by atoms with Gasteiger partial charge in [0.25, 0.3) is 0 Å². The van der Waals surface area contributed by atoms with Gasteiger partial charge in [0, 0.05) is 35.9 Å². The smallest absolute Gasteiger partial charge is 0.232 e. The number of rotatable bonds is 5. The van der Waals surface area contributed by atoms with E-state index in [0.29, 0.717) is 39.1 Å². The number of ether oxygens (including phenoxy) is 1. The second kappa shape index (κ2) is 8.92. The molecular formula is C23H26FN3O6S2. The lowest BCUT2D eigenvalue weighted by Gasteiger charge is -2.24. The van der Waals surface area contributed by atoms with Gasteiger partial charge in [-0.3, -0.25) is 9.30 Å². The fraction of sp³-hybridized carbons (Fsp3) is 0.348. The zero-order valence-electron chi connectivity index (χ0n) is 19.6. The van der Waals surface area contributed by atoms with Crippen LogP contribution in [0.25, 0.3) is 22.3 Å². The van der Waals surface area contributed by atoms with Crippen molar-refractivity contribution in [3.05, 3.63) is 53.3 Å². The molecule has 0 fully saturated rings. The number of aliphatic imine (C=N–C) groups is 1. The third-order valence-electron chi connectivity index (χ3n) is 5.80. The Bertz CT molecular complexity index is 1530. The number of fused-ring (bicyclic) bond motifs is 2. The molecule has 1 aliphatic heterocycles. The second-order valence-electron chi connectivity index (χ2n) is 8.62. The number of amidine groups is 1. The van der Waals surface area contributed by atoms with E-state index >= 15 is 0 Å². The number of hydrogen-bond donors (Lipinski definition) is 1. The highest BCUT2D eigenvalue weighted by atomic mass is 32.2. The summed E-state index contributed by atoms with van der Waals surface area (Å²) in [6.07, 6.45) is 0.621. The zero-order chi connectivity index (χ0) is 25.7. The largest absolute Gasteiger partial charge is 0.455 e. The molecule has 0 bridgehead atoms. The second-order valence-corrected chi connectivity index (χ2v) is 12.7. The molecule has 0 saturated carbocycles. The SMILES string of the molecule is CN=C(N)c1c(-c2ccc(F)cc2)oc2cc3c(cc12)C(C)OC(CS(C)(=O)=O)CN3S(C)(=O)=O. The van der Waals surface area contributed by atoms with Crippen LogP contribution in [-0.4, -0.2) is 60.6 Å². The van der Waals surface area contributed by atoms with Gasteiger partial charge in [-0.2, -0.15) is 0 Å². The number of benzene rings is 2. The molecule has 188 valence electrons. The van der Waals surface area contributed by atoms with E-state index in [1.165, 1.54) is 19.2 Å². The highest BCUT2D eigenvalue weighted by Crippen LogP contribution is 2.42. The van der Waals surface area contributed by atoms with Crippen molar-refractivity contribution in [1.82, 2.24) is 0 Å². The maximum atomic E-state index is 13.5. The van der Waals surface area contributed by atoms with Crippen molar-refractivity contribution in [2.75, 3.05) is 36.2 Å². The number of nitrogens with two attached hydrogens (primary N) is 1. The Kier molecular flexibility index (Phi) is 6.41. The van der Waals surface area contributed by atoms with Crippen molar-refractivity contribution in [3.63, 3.8) is 0 Å². The first-order valence-electron chi connectivity index (χ1n) is 10.7. The van der Waals surface area contributed by atoms with Crippen molar-refractivity contribution >= 4 is 42.4 Å². The van der Waals surface area contributed by atoms with Gasteiger partial charge in [0.15, 0.2) is 0 Å². The molecule has 2 unspecified atom stereocenters. The van der Waals surface area contributed by atoms with Gasteiger partial charge in [0.1, 0.15) is 32.8 Å². The highest BCUT2D eigenvalue weighted by Gasteiger charge is 2.34. The van der Waals surface area contributed by atoms with Crippen molar-refractivity contribution < 1.29 is 30.4 Å². The number of furan rings is 1. The first-order valence-corrected chi connectivity index (χ1v) is 14.6. The molecule has 0 saturated heterocycles. The molecule has 1 aromatic heterocycles. The van der Waals surface area contributed by atoms with Crippen molar-refractivity contribution in [3.8, 4) is 11.3 Å². The normalized spacial score (nSPS) is 19.6. The van der Waals surface area contributed by atoms with E-state index in [-0.39, 0.29) is 18.1 Å². The first kappa shape index (κ1) is 25.1. The van der Waals surface area contributed by atoms with E-state index in [4.69, 9.17) is 14.9 Å². The molecule has 2 aromatic carbocycles. The van der Waals surface area contributed by atoms with Gasteiger partial charge in [0.2, 0.25) is 10.0 Å². The minimum absolute atomic E-state index is 0.175. The number of halogens is 1. The third-order valence-corrected chi connectivity index (χ3v) is 7.93. The highest BCUT2D eigenvalue weighted by molar-refractivity contribution is 7.92. The van der Waals surface area contributed by atoms with Crippen LogP contribution in [0.4, 0.5) is 10.1 Å². The topological polar surface area (TPSA) is 132 Å². The molecule has 0 radical (unpaired) electrons. The monoisotopic (exact) mass is 523 g/mol. The number of hydrogen-bond acceptors (Lipinski definition) is 7. The van der Waals surface area contributed by atoms with Crippen LogP contribution in [0.15, 0.2) is 45.8 Å². The Hall–Kier alpha value is -2.96. The summed E-state index contributed by atoms with van der Waals surface area (Å²) in [6.45, 7) is 1.55. The van der Waals surface area contributed by atoms with Gasteiger partial charge in [-0.15, -0.1) is 0 Å². The summed E-state index contributed by atoms with van der Waals surface area (Å²) in [5.41, 5.74) is 8.44. The van der Waals surface area contributed by atoms with Crippen molar-refractivity contribution in [1.29, 1.82) is 0 Å². The molecule has 2 atom stereocenters. The Labute approximate surface area is 203 Å². The lowest BCUT2D eigenvalue weighted by atomic mass is 10.0. The van der Waals surface area contributed by atoms with Crippen LogP contribution in [0.3, 0.4) is 0 Å². The Morgan fingerprint density at radius 3 is 2.40 bits per heavy atom. The summed E-state index contributed by atoms with van der Waals surface area (Å²) in [6, 6.07) is 8.99. The number of anilines is 1. The molecular weight excluding hydrogens is 497 g/mol. The van der Waals surface area contributed by atoms with Gasteiger partial charge >= 0.3 is 0 Å². The summed E-state index contributed by atoms with van der Waals surface area (Å²) in [5, 5.41) is 0.566. The van der Waals surface area contributed by atoms with Crippen LogP contribution in [0.2, 0.25) is 0 Å². The van der Waals surface area contributed by atoms with Gasteiger partial charge in [-0.25, -0.2) is 21.2 Å². The molecule has 1 aliphatic rings. The number of sulfone groups is 1. The quantitative estimate of drug-likeness (QED) is 0.402. The van der Waals surface area contributed by atoms with Crippen LogP contribution in [-0.2, 0) is 24.6 Å². The van der Waals surface area contributed by atoms with Crippen LogP contribution < -0.4 is 10.0 Å². The Balaban J connectivity index is 1.97. The fourth-order valence-electron chi connectivity index (χ4n) is 4.29. The minimum Gasteiger partial charge on any atom is -0.455 e.